The second-order valence-electron chi connectivity index (χ2n) is 11.3. The molecule has 7 rings (SSSR count). The average molecular weight is 686 g/mol. The molecule has 0 saturated carbocycles. The lowest BCUT2D eigenvalue weighted by molar-refractivity contribution is 0.0853. The fraction of sp³-hybridized carbons (Fsp3) is 0.257. The monoisotopic (exact) mass is 685 g/mol. The Labute approximate surface area is 284 Å². The molecule has 5 aromatic rings. The van der Waals surface area contributed by atoms with Crippen LogP contribution in [0.5, 0.6) is 23.0 Å². The summed E-state index contributed by atoms with van der Waals surface area (Å²) in [6, 6.07) is 11.9. The number of nitrogens with zero attached hydrogens (tertiary/aromatic N) is 4. The third kappa shape index (κ3) is 6.04. The van der Waals surface area contributed by atoms with Gasteiger partial charge in [0.2, 0.25) is 18.3 Å². The van der Waals surface area contributed by atoms with E-state index in [4.69, 9.17) is 33.5 Å². The van der Waals surface area contributed by atoms with Crippen LogP contribution in [0.1, 0.15) is 44.0 Å². The van der Waals surface area contributed by atoms with Gasteiger partial charge in [-0.25, -0.2) is 14.8 Å². The minimum absolute atomic E-state index is 0.0245. The molecule has 1 N–H and O–H groups in total. The van der Waals surface area contributed by atoms with Crippen molar-refractivity contribution < 1.29 is 37.7 Å². The van der Waals surface area contributed by atoms with Crippen LogP contribution < -0.4 is 24.4 Å². The zero-order chi connectivity index (χ0) is 34.1. The molecule has 2 aromatic carbocycles. The van der Waals surface area contributed by atoms with Crippen molar-refractivity contribution in [3.8, 4) is 28.7 Å². The number of hydrogen-bond donors (Lipinski definition) is 1. The van der Waals surface area contributed by atoms with E-state index in [1.807, 2.05) is 42.1 Å². The SMILES string of the molecule is COCc1cc(C)nc2sc(C(=O)NN=Cc3c(CC4CC(c5ccc(F)cc5)=NO4)c(OC)c4c(c3OC)OCO4)c(-n3cccc3)c12. The van der Waals surface area contributed by atoms with Crippen molar-refractivity contribution in [2.45, 2.75) is 32.5 Å². The molecule has 14 heteroatoms. The number of amides is 1. The molecular weight excluding hydrogens is 653 g/mol. The fourth-order valence-electron chi connectivity index (χ4n) is 6.13. The van der Waals surface area contributed by atoms with Crippen LogP contribution >= 0.6 is 11.3 Å². The summed E-state index contributed by atoms with van der Waals surface area (Å²) < 4.78 is 44.1. The van der Waals surface area contributed by atoms with Crippen molar-refractivity contribution in [2.24, 2.45) is 10.3 Å². The molecule has 0 radical (unpaired) electrons. The Hall–Kier alpha value is -5.47. The van der Waals surface area contributed by atoms with Crippen LogP contribution in [-0.4, -0.2) is 61.6 Å². The van der Waals surface area contributed by atoms with Crippen molar-refractivity contribution in [2.75, 3.05) is 28.1 Å². The van der Waals surface area contributed by atoms with Crippen LogP contribution in [-0.2, 0) is 22.6 Å². The van der Waals surface area contributed by atoms with Gasteiger partial charge in [-0.3, -0.25) is 4.79 Å². The Kier molecular flexibility index (Phi) is 8.89. The van der Waals surface area contributed by atoms with Gasteiger partial charge in [-0.05, 0) is 48.4 Å². The summed E-state index contributed by atoms with van der Waals surface area (Å²) in [5.41, 5.74) is 7.76. The van der Waals surface area contributed by atoms with Crippen LogP contribution in [0, 0.1) is 12.7 Å². The number of halogens is 1. The van der Waals surface area contributed by atoms with E-state index in [1.165, 1.54) is 43.9 Å². The van der Waals surface area contributed by atoms with Gasteiger partial charge in [-0.15, -0.1) is 11.3 Å². The molecule has 0 spiro atoms. The highest BCUT2D eigenvalue weighted by atomic mass is 32.1. The number of benzene rings is 2. The Balaban J connectivity index is 1.22. The topological polar surface area (TPSA) is 127 Å². The zero-order valence-corrected chi connectivity index (χ0v) is 27.9. The van der Waals surface area contributed by atoms with Crippen molar-refractivity contribution in [3.05, 3.63) is 93.5 Å². The quantitative estimate of drug-likeness (QED) is 0.134. The molecular formula is C35H32FN5O7S. The van der Waals surface area contributed by atoms with Gasteiger partial charge in [0.1, 0.15) is 21.6 Å². The van der Waals surface area contributed by atoms with Gasteiger partial charge in [-0.2, -0.15) is 5.10 Å². The van der Waals surface area contributed by atoms with Crippen molar-refractivity contribution >= 4 is 39.4 Å². The number of fused-ring (bicyclic) bond motifs is 2. The molecule has 0 fully saturated rings. The number of pyridine rings is 1. The molecule has 252 valence electrons. The van der Waals surface area contributed by atoms with Gasteiger partial charge in [0, 0.05) is 54.6 Å². The van der Waals surface area contributed by atoms with Gasteiger partial charge in [0.25, 0.3) is 5.91 Å². The number of aromatic nitrogens is 2. The van der Waals surface area contributed by atoms with Gasteiger partial charge in [0.15, 0.2) is 11.5 Å². The summed E-state index contributed by atoms with van der Waals surface area (Å²) >= 11 is 1.28. The standard InChI is InChI=1S/C35H32FN5O7S/c1-19-13-21(17-43-2)27-28(41-11-5-6-12-41)33(49-35(27)38-19)34(42)39-37-16-25-24(29(44-3)31-32(30(25)45-4)47-18-46-31)14-23-15-26(40-48-23)20-7-9-22(36)10-8-20/h5-13,16,23H,14-15,17-18H2,1-4H3,(H,39,42). The molecule has 12 nitrogen and oxygen atoms in total. The molecule has 0 bridgehead atoms. The van der Waals surface area contributed by atoms with E-state index in [-0.39, 0.29) is 18.7 Å². The number of hydrazone groups is 1. The number of aryl methyl sites for hydroxylation is 1. The van der Waals surface area contributed by atoms with E-state index in [2.05, 4.69) is 15.7 Å². The molecule has 3 aromatic heterocycles. The highest BCUT2D eigenvalue weighted by Crippen LogP contribution is 2.52. The minimum atomic E-state index is -0.423. The number of rotatable bonds is 11. The van der Waals surface area contributed by atoms with Crippen molar-refractivity contribution in [1.82, 2.24) is 15.0 Å². The van der Waals surface area contributed by atoms with E-state index >= 15 is 0 Å². The molecule has 2 aliphatic rings. The molecule has 0 saturated heterocycles. The molecule has 0 aliphatic carbocycles. The number of hydrogen-bond acceptors (Lipinski definition) is 11. The first-order chi connectivity index (χ1) is 23.9. The second kappa shape index (κ2) is 13.6. The number of oxime groups is 1. The molecule has 49 heavy (non-hydrogen) atoms. The molecule has 1 atom stereocenters. The fourth-order valence-corrected chi connectivity index (χ4v) is 7.28. The number of carbonyl (C=O) groups is 1. The predicted molar refractivity (Wildman–Crippen MR) is 181 cm³/mol. The highest BCUT2D eigenvalue weighted by Gasteiger charge is 2.34. The van der Waals surface area contributed by atoms with Gasteiger partial charge >= 0.3 is 0 Å². The summed E-state index contributed by atoms with van der Waals surface area (Å²) in [6.07, 6.45) is 5.65. The summed E-state index contributed by atoms with van der Waals surface area (Å²) in [7, 11) is 4.68. The summed E-state index contributed by atoms with van der Waals surface area (Å²) in [4.78, 5) is 25.5. The number of carbonyl (C=O) groups excluding carboxylic acids is 1. The first kappa shape index (κ1) is 32.1. The number of nitrogens with one attached hydrogen (secondary N) is 1. The zero-order valence-electron chi connectivity index (χ0n) is 27.1. The van der Waals surface area contributed by atoms with Crippen LogP contribution in [0.25, 0.3) is 15.9 Å². The van der Waals surface area contributed by atoms with E-state index < -0.39 is 5.91 Å². The smallest absolute Gasteiger partial charge is 0.283 e. The van der Waals surface area contributed by atoms with Crippen LogP contribution in [0.4, 0.5) is 4.39 Å². The summed E-state index contributed by atoms with van der Waals surface area (Å²) in [5, 5.41) is 9.50. The Morgan fingerprint density at radius 2 is 1.86 bits per heavy atom. The lowest BCUT2D eigenvalue weighted by Gasteiger charge is -2.19. The average Bonchev–Trinajstić information content (AvgIpc) is 3.92. The number of methoxy groups -OCH3 is 3. The van der Waals surface area contributed by atoms with E-state index in [0.717, 1.165) is 22.2 Å². The third-order valence-corrected chi connectivity index (χ3v) is 9.27. The minimum Gasteiger partial charge on any atom is -0.492 e. The number of thiophene rings is 1. The lowest BCUT2D eigenvalue weighted by atomic mass is 9.95. The maximum atomic E-state index is 13.8. The Morgan fingerprint density at radius 1 is 1.12 bits per heavy atom. The molecule has 1 amide bonds. The van der Waals surface area contributed by atoms with Crippen molar-refractivity contribution in [3.63, 3.8) is 0 Å². The number of ether oxygens (including phenoxy) is 5. The molecule has 2 aliphatic heterocycles. The van der Waals surface area contributed by atoms with Crippen molar-refractivity contribution in [1.29, 1.82) is 0 Å². The van der Waals surface area contributed by atoms with Gasteiger partial charge in [-0.1, -0.05) is 17.3 Å². The first-order valence-electron chi connectivity index (χ1n) is 15.3. The normalized spacial score (nSPS) is 15.1. The second-order valence-corrected chi connectivity index (χ2v) is 12.3. The largest absolute Gasteiger partial charge is 0.492 e. The summed E-state index contributed by atoms with van der Waals surface area (Å²) in [5.74, 6) is 0.782. The van der Waals surface area contributed by atoms with Gasteiger partial charge in [0.05, 0.1) is 38.4 Å². The van der Waals surface area contributed by atoms with Gasteiger partial charge < -0.3 is 33.1 Å². The lowest BCUT2D eigenvalue weighted by Crippen LogP contribution is -2.19. The molecule has 1 unspecified atom stereocenters. The first-order valence-corrected chi connectivity index (χ1v) is 16.2. The molecule has 5 heterocycles. The third-order valence-electron chi connectivity index (χ3n) is 8.19. The Morgan fingerprint density at radius 3 is 2.57 bits per heavy atom. The maximum Gasteiger partial charge on any atom is 0.283 e. The van der Waals surface area contributed by atoms with Crippen LogP contribution in [0.3, 0.4) is 0 Å². The predicted octanol–water partition coefficient (Wildman–Crippen LogP) is 5.93. The van der Waals surface area contributed by atoms with Crippen LogP contribution in [0.15, 0.2) is 65.1 Å². The Bertz CT molecular complexity index is 2090. The van der Waals surface area contributed by atoms with E-state index in [0.29, 0.717) is 74.7 Å². The summed E-state index contributed by atoms with van der Waals surface area (Å²) in [6.45, 7) is 2.25. The van der Waals surface area contributed by atoms with Crippen LogP contribution in [0.2, 0.25) is 0 Å². The maximum absolute atomic E-state index is 13.8. The van der Waals surface area contributed by atoms with E-state index in [9.17, 15) is 9.18 Å². The highest BCUT2D eigenvalue weighted by molar-refractivity contribution is 7.21. The van der Waals surface area contributed by atoms with E-state index in [1.54, 1.807) is 19.2 Å².